The third-order valence-corrected chi connectivity index (χ3v) is 6.69. The van der Waals surface area contributed by atoms with Crippen molar-refractivity contribution in [3.8, 4) is 0 Å². The molecule has 0 radical (unpaired) electrons. The lowest BCUT2D eigenvalue weighted by atomic mass is 10.0. The van der Waals surface area contributed by atoms with Gasteiger partial charge in [0.05, 0.1) is 10.2 Å². The fourth-order valence-electron chi connectivity index (χ4n) is 3.95. The third kappa shape index (κ3) is 5.29. The number of aromatic nitrogens is 2. The van der Waals surface area contributed by atoms with Crippen molar-refractivity contribution in [3.05, 3.63) is 59.2 Å². The van der Waals surface area contributed by atoms with Gasteiger partial charge in [-0.2, -0.15) is 0 Å². The number of H-pyrrole nitrogens is 1. The SMILES string of the molecule is CCCCC(Cc1c[nH]c2ccccc12)NC(=O)c1nc2ccc(NCCNC)cc2s1. The molecule has 1 unspecified atom stereocenters. The molecular formula is C25H31N5OS. The van der Waals surface area contributed by atoms with Crippen molar-refractivity contribution in [2.24, 2.45) is 0 Å². The van der Waals surface area contributed by atoms with Crippen LogP contribution in [0.3, 0.4) is 0 Å². The lowest BCUT2D eigenvalue weighted by molar-refractivity contribution is 0.0934. The number of aromatic amines is 1. The number of nitrogens with one attached hydrogen (secondary N) is 4. The van der Waals surface area contributed by atoms with Gasteiger partial charge in [-0.15, -0.1) is 11.3 Å². The highest BCUT2D eigenvalue weighted by Crippen LogP contribution is 2.26. The molecule has 2 heterocycles. The second kappa shape index (κ2) is 10.6. The van der Waals surface area contributed by atoms with Crippen LogP contribution in [0.4, 0.5) is 5.69 Å². The number of anilines is 1. The largest absolute Gasteiger partial charge is 0.384 e. The molecule has 0 bridgehead atoms. The Morgan fingerprint density at radius 3 is 2.91 bits per heavy atom. The summed E-state index contributed by atoms with van der Waals surface area (Å²) in [4.78, 5) is 21.0. The highest BCUT2D eigenvalue weighted by atomic mass is 32.1. The lowest BCUT2D eigenvalue weighted by Crippen LogP contribution is -2.36. The molecule has 0 aliphatic heterocycles. The van der Waals surface area contributed by atoms with E-state index in [2.05, 4.69) is 63.3 Å². The number of likely N-dealkylation sites (N-methyl/N-ethyl adjacent to an activating group) is 1. The first-order valence-electron chi connectivity index (χ1n) is 11.3. The van der Waals surface area contributed by atoms with Crippen LogP contribution < -0.4 is 16.0 Å². The number of benzene rings is 2. The van der Waals surface area contributed by atoms with Crippen LogP contribution in [0.1, 0.15) is 41.6 Å². The summed E-state index contributed by atoms with van der Waals surface area (Å²) in [5, 5.41) is 11.5. The summed E-state index contributed by atoms with van der Waals surface area (Å²) in [7, 11) is 1.94. The number of amides is 1. The summed E-state index contributed by atoms with van der Waals surface area (Å²) in [6.07, 6.45) is 6.00. The number of unbranched alkanes of at least 4 members (excludes halogenated alkanes) is 1. The molecular weight excluding hydrogens is 418 g/mol. The maximum atomic E-state index is 13.1. The van der Waals surface area contributed by atoms with E-state index in [-0.39, 0.29) is 11.9 Å². The van der Waals surface area contributed by atoms with Crippen LogP contribution in [-0.4, -0.2) is 42.1 Å². The topological polar surface area (TPSA) is 81.8 Å². The molecule has 0 saturated heterocycles. The highest BCUT2D eigenvalue weighted by Gasteiger charge is 2.19. The number of hydrogen-bond acceptors (Lipinski definition) is 5. The van der Waals surface area contributed by atoms with Crippen LogP contribution in [0.5, 0.6) is 0 Å². The van der Waals surface area contributed by atoms with Gasteiger partial charge in [-0.05, 0) is 49.7 Å². The molecule has 0 aliphatic carbocycles. The van der Waals surface area contributed by atoms with Gasteiger partial charge in [0, 0.05) is 41.9 Å². The predicted molar refractivity (Wildman–Crippen MR) is 135 cm³/mol. The van der Waals surface area contributed by atoms with Crippen molar-refractivity contribution in [1.29, 1.82) is 0 Å². The Morgan fingerprint density at radius 2 is 2.06 bits per heavy atom. The van der Waals surface area contributed by atoms with E-state index in [1.807, 2.05) is 25.2 Å². The summed E-state index contributed by atoms with van der Waals surface area (Å²) in [6, 6.07) is 14.4. The quantitative estimate of drug-likeness (QED) is 0.245. The van der Waals surface area contributed by atoms with Crippen LogP contribution in [0.2, 0.25) is 0 Å². The Labute approximate surface area is 192 Å². The van der Waals surface area contributed by atoms with E-state index in [0.29, 0.717) is 5.01 Å². The number of thiazole rings is 1. The number of para-hydroxylation sites is 1. The minimum Gasteiger partial charge on any atom is -0.384 e. The molecule has 4 aromatic rings. The van der Waals surface area contributed by atoms with Gasteiger partial charge in [0.2, 0.25) is 0 Å². The molecule has 0 fully saturated rings. The van der Waals surface area contributed by atoms with Crippen LogP contribution in [0.25, 0.3) is 21.1 Å². The summed E-state index contributed by atoms with van der Waals surface area (Å²) in [5.41, 5.74) is 4.28. The van der Waals surface area contributed by atoms with Crippen molar-refractivity contribution in [1.82, 2.24) is 20.6 Å². The summed E-state index contributed by atoms with van der Waals surface area (Å²) >= 11 is 1.45. The van der Waals surface area contributed by atoms with Gasteiger partial charge in [0.15, 0.2) is 5.01 Å². The predicted octanol–water partition coefficient (Wildman–Crippen LogP) is 4.94. The molecule has 32 heavy (non-hydrogen) atoms. The Hall–Kier alpha value is -2.90. The van der Waals surface area contributed by atoms with Crippen LogP contribution in [-0.2, 0) is 6.42 Å². The second-order valence-electron chi connectivity index (χ2n) is 8.11. The van der Waals surface area contributed by atoms with Gasteiger partial charge in [0.25, 0.3) is 5.91 Å². The van der Waals surface area contributed by atoms with Crippen LogP contribution in [0, 0.1) is 0 Å². The average molecular weight is 450 g/mol. The van der Waals surface area contributed by atoms with Crippen molar-refractivity contribution in [3.63, 3.8) is 0 Å². The molecule has 0 aliphatic rings. The number of rotatable bonds is 11. The molecule has 7 heteroatoms. The van der Waals surface area contributed by atoms with Gasteiger partial charge in [-0.25, -0.2) is 4.98 Å². The van der Waals surface area contributed by atoms with Crippen molar-refractivity contribution >= 4 is 44.1 Å². The van der Waals surface area contributed by atoms with Gasteiger partial charge >= 0.3 is 0 Å². The van der Waals surface area contributed by atoms with E-state index in [4.69, 9.17) is 0 Å². The molecule has 1 amide bonds. The zero-order valence-electron chi connectivity index (χ0n) is 18.7. The zero-order chi connectivity index (χ0) is 22.3. The number of hydrogen-bond donors (Lipinski definition) is 4. The Kier molecular flexibility index (Phi) is 7.39. The third-order valence-electron chi connectivity index (χ3n) is 5.67. The number of fused-ring (bicyclic) bond motifs is 2. The fraction of sp³-hybridized carbons (Fsp3) is 0.360. The lowest BCUT2D eigenvalue weighted by Gasteiger charge is -2.17. The zero-order valence-corrected chi connectivity index (χ0v) is 19.5. The summed E-state index contributed by atoms with van der Waals surface area (Å²) in [6.45, 7) is 3.92. The summed E-state index contributed by atoms with van der Waals surface area (Å²) in [5.74, 6) is -0.0863. The number of nitrogens with zero attached hydrogens (tertiary/aromatic N) is 1. The van der Waals surface area contributed by atoms with E-state index < -0.39 is 0 Å². The van der Waals surface area contributed by atoms with E-state index in [1.54, 1.807) is 0 Å². The minimum absolute atomic E-state index is 0.0763. The number of carbonyl (C=O) groups excluding carboxylic acids is 1. The standard InChI is InChI=1S/C25H31N5OS/c1-3-4-7-19(14-17-16-28-21-9-6-5-8-20(17)21)29-24(31)25-30-22-11-10-18(15-23(22)32-25)27-13-12-26-2/h5-6,8-11,15-16,19,26-28H,3-4,7,12-14H2,1-2H3,(H,29,31). The van der Waals surface area contributed by atoms with Gasteiger partial charge < -0.3 is 20.9 Å². The van der Waals surface area contributed by atoms with Crippen molar-refractivity contribution in [2.45, 2.75) is 38.6 Å². The Balaban J connectivity index is 1.48. The van der Waals surface area contributed by atoms with E-state index in [1.165, 1.54) is 22.3 Å². The van der Waals surface area contributed by atoms with Gasteiger partial charge in [0.1, 0.15) is 0 Å². The highest BCUT2D eigenvalue weighted by molar-refractivity contribution is 7.20. The van der Waals surface area contributed by atoms with E-state index in [0.717, 1.165) is 60.2 Å². The van der Waals surface area contributed by atoms with Gasteiger partial charge in [-0.3, -0.25) is 4.79 Å². The molecule has 4 rings (SSSR count). The smallest absolute Gasteiger partial charge is 0.280 e. The molecule has 0 spiro atoms. The Morgan fingerprint density at radius 1 is 1.19 bits per heavy atom. The normalized spacial score (nSPS) is 12.3. The molecule has 1 atom stereocenters. The molecule has 0 saturated carbocycles. The first-order chi connectivity index (χ1) is 15.7. The monoisotopic (exact) mass is 449 g/mol. The van der Waals surface area contributed by atoms with Crippen LogP contribution in [0.15, 0.2) is 48.7 Å². The second-order valence-corrected chi connectivity index (χ2v) is 9.14. The van der Waals surface area contributed by atoms with Gasteiger partial charge in [-0.1, -0.05) is 38.0 Å². The van der Waals surface area contributed by atoms with E-state index >= 15 is 0 Å². The van der Waals surface area contributed by atoms with E-state index in [9.17, 15) is 4.79 Å². The first-order valence-corrected chi connectivity index (χ1v) is 12.1. The fourth-order valence-corrected chi connectivity index (χ4v) is 4.86. The number of carbonyl (C=O) groups is 1. The molecule has 168 valence electrons. The molecule has 2 aromatic heterocycles. The average Bonchev–Trinajstić information content (AvgIpc) is 3.42. The Bertz CT molecular complexity index is 1180. The first kappa shape index (κ1) is 22.3. The van der Waals surface area contributed by atoms with Crippen molar-refractivity contribution < 1.29 is 4.79 Å². The summed E-state index contributed by atoms with van der Waals surface area (Å²) < 4.78 is 1.02. The van der Waals surface area contributed by atoms with Crippen LogP contribution >= 0.6 is 11.3 Å². The molecule has 4 N–H and O–H groups in total. The minimum atomic E-state index is -0.0863. The molecule has 6 nitrogen and oxygen atoms in total. The van der Waals surface area contributed by atoms with Crippen molar-refractivity contribution in [2.75, 3.05) is 25.5 Å². The molecule has 2 aromatic carbocycles. The maximum Gasteiger partial charge on any atom is 0.280 e. The maximum absolute atomic E-state index is 13.1.